The number of thiophene rings is 1. The summed E-state index contributed by atoms with van der Waals surface area (Å²) in [5.41, 5.74) is 2.27. The zero-order chi connectivity index (χ0) is 31.9. The largest absolute Gasteiger partial charge is 0.496 e. The molecule has 4 rings (SSSR count). The number of Topliss-reactive ketones (excluding diaryl/α,β-unsaturated/α-hetero) is 1. The Morgan fingerprint density at radius 2 is 1.79 bits per heavy atom. The van der Waals surface area contributed by atoms with E-state index in [0.717, 1.165) is 28.0 Å². The van der Waals surface area contributed by atoms with E-state index in [1.165, 1.54) is 44.2 Å². The average Bonchev–Trinajstić information content (AvgIpc) is 3.57. The van der Waals surface area contributed by atoms with Crippen molar-refractivity contribution in [3.63, 3.8) is 0 Å². The van der Waals surface area contributed by atoms with Crippen LogP contribution in [0.1, 0.15) is 37.5 Å². The number of primary amides is 1. The first-order valence-corrected chi connectivity index (χ1v) is 13.4. The molecule has 2 N–H and O–H groups in total. The monoisotopic (exact) mass is 626 g/mol. The highest BCUT2D eigenvalue weighted by Gasteiger charge is 2.38. The Morgan fingerprint density at radius 3 is 2.37 bits per heavy atom. The summed E-state index contributed by atoms with van der Waals surface area (Å²) in [7, 11) is 1.27. The summed E-state index contributed by atoms with van der Waals surface area (Å²) in [5, 5.41) is 8.54. The average molecular weight is 627 g/mol. The SMILES string of the molecule is COc1ccc(F)cc1[C@H](Cn1c(=O)n(C(C)(C)C(N)=O)c(=O)c2c(C)c(-n3nccn3)sc21)OCCC(=O)C(F)(F)F. The summed E-state index contributed by atoms with van der Waals surface area (Å²) in [6, 6.07) is 3.35. The summed E-state index contributed by atoms with van der Waals surface area (Å²) >= 11 is 0.954. The Labute approximate surface area is 244 Å². The van der Waals surface area contributed by atoms with Crippen molar-refractivity contribution in [1.29, 1.82) is 0 Å². The van der Waals surface area contributed by atoms with Gasteiger partial charge < -0.3 is 15.2 Å². The van der Waals surface area contributed by atoms with Crippen molar-refractivity contribution in [3.05, 3.63) is 68.4 Å². The summed E-state index contributed by atoms with van der Waals surface area (Å²) in [4.78, 5) is 53.0. The third-order valence-electron chi connectivity index (χ3n) is 6.80. The van der Waals surface area contributed by atoms with E-state index in [9.17, 15) is 36.7 Å². The number of alkyl halides is 3. The summed E-state index contributed by atoms with van der Waals surface area (Å²) in [6.07, 6.45) is -4.73. The van der Waals surface area contributed by atoms with Crippen LogP contribution in [0.2, 0.25) is 0 Å². The van der Waals surface area contributed by atoms with Crippen LogP contribution in [0.5, 0.6) is 5.75 Å². The topological polar surface area (TPSA) is 153 Å². The number of aromatic nitrogens is 5. The van der Waals surface area contributed by atoms with Crippen LogP contribution in [0, 0.1) is 12.7 Å². The maximum absolute atomic E-state index is 14.4. The highest BCUT2D eigenvalue weighted by molar-refractivity contribution is 7.21. The Balaban J connectivity index is 1.97. The number of carbonyl (C=O) groups is 2. The summed E-state index contributed by atoms with van der Waals surface area (Å²) in [6.45, 7) is 2.88. The first-order valence-electron chi connectivity index (χ1n) is 12.6. The molecule has 0 unspecified atom stereocenters. The third-order valence-corrected chi connectivity index (χ3v) is 8.08. The van der Waals surface area contributed by atoms with Gasteiger partial charge >= 0.3 is 11.9 Å². The van der Waals surface area contributed by atoms with E-state index in [4.69, 9.17) is 15.2 Å². The van der Waals surface area contributed by atoms with Crippen LogP contribution in [0.25, 0.3) is 15.2 Å². The first-order chi connectivity index (χ1) is 20.1. The van der Waals surface area contributed by atoms with E-state index in [-0.39, 0.29) is 21.5 Å². The number of hydrogen-bond donors (Lipinski definition) is 1. The van der Waals surface area contributed by atoms with E-state index >= 15 is 0 Å². The Kier molecular flexibility index (Phi) is 8.60. The number of halogens is 4. The van der Waals surface area contributed by atoms with Gasteiger partial charge in [-0.15, -0.1) is 4.80 Å². The van der Waals surface area contributed by atoms with Gasteiger partial charge in [0.05, 0.1) is 38.0 Å². The molecule has 0 saturated carbocycles. The molecule has 3 heterocycles. The number of aryl methyl sites for hydroxylation is 1. The fraction of sp³-hybridized carbons (Fsp3) is 0.385. The van der Waals surface area contributed by atoms with E-state index in [0.29, 0.717) is 15.1 Å². The van der Waals surface area contributed by atoms with Gasteiger partial charge in [-0.3, -0.25) is 19.0 Å². The smallest absolute Gasteiger partial charge is 0.450 e. The molecular weight excluding hydrogens is 600 g/mol. The maximum atomic E-state index is 14.4. The highest BCUT2D eigenvalue weighted by Crippen LogP contribution is 2.34. The van der Waals surface area contributed by atoms with Crippen molar-refractivity contribution in [1.82, 2.24) is 24.1 Å². The molecule has 0 aliphatic rings. The molecular formula is C26H26F4N6O6S. The third kappa shape index (κ3) is 5.94. The number of nitrogens with two attached hydrogens (primary N) is 1. The number of hydrogen-bond acceptors (Lipinski definition) is 9. The Hall–Kier alpha value is -4.38. The van der Waals surface area contributed by atoms with Gasteiger partial charge in [-0.2, -0.15) is 23.4 Å². The number of fused-ring (bicyclic) bond motifs is 1. The van der Waals surface area contributed by atoms with Gasteiger partial charge in [-0.1, -0.05) is 11.3 Å². The number of carbonyl (C=O) groups excluding carboxylic acids is 2. The number of ketones is 1. The van der Waals surface area contributed by atoms with Gasteiger partial charge in [0.1, 0.15) is 33.0 Å². The molecule has 0 bridgehead atoms. The van der Waals surface area contributed by atoms with Crippen molar-refractivity contribution in [2.24, 2.45) is 5.73 Å². The zero-order valence-electron chi connectivity index (χ0n) is 23.3. The van der Waals surface area contributed by atoms with Crippen LogP contribution in [0.15, 0.2) is 40.2 Å². The first kappa shape index (κ1) is 31.6. The van der Waals surface area contributed by atoms with E-state index < -0.39 is 66.1 Å². The number of amides is 1. The van der Waals surface area contributed by atoms with Crippen LogP contribution in [0.4, 0.5) is 17.6 Å². The van der Waals surface area contributed by atoms with Crippen LogP contribution in [0.3, 0.4) is 0 Å². The number of benzene rings is 1. The fourth-order valence-corrected chi connectivity index (χ4v) is 5.63. The Bertz CT molecular complexity index is 1810. The van der Waals surface area contributed by atoms with Crippen molar-refractivity contribution >= 4 is 33.2 Å². The van der Waals surface area contributed by atoms with E-state index in [1.54, 1.807) is 6.92 Å². The minimum absolute atomic E-state index is 0.0103. The minimum atomic E-state index is -5.10. The Morgan fingerprint density at radius 1 is 1.14 bits per heavy atom. The molecule has 43 heavy (non-hydrogen) atoms. The zero-order valence-corrected chi connectivity index (χ0v) is 24.1. The molecule has 1 amide bonds. The number of ether oxygens (including phenoxy) is 2. The van der Waals surface area contributed by atoms with Crippen molar-refractivity contribution in [3.8, 4) is 10.8 Å². The van der Waals surface area contributed by atoms with Crippen molar-refractivity contribution in [2.45, 2.75) is 51.6 Å². The second-order valence-corrected chi connectivity index (χ2v) is 10.9. The lowest BCUT2D eigenvalue weighted by molar-refractivity contribution is -0.172. The van der Waals surface area contributed by atoms with Gasteiger partial charge in [0.15, 0.2) is 0 Å². The van der Waals surface area contributed by atoms with Crippen LogP contribution >= 0.6 is 11.3 Å². The van der Waals surface area contributed by atoms with Crippen molar-refractivity contribution in [2.75, 3.05) is 13.7 Å². The molecule has 1 atom stereocenters. The molecule has 0 spiro atoms. The predicted octanol–water partition coefficient (Wildman–Crippen LogP) is 2.76. The summed E-state index contributed by atoms with van der Waals surface area (Å²) in [5.74, 6) is -3.71. The molecule has 0 aliphatic heterocycles. The molecule has 17 heteroatoms. The second kappa shape index (κ2) is 11.7. The molecule has 4 aromatic rings. The number of rotatable bonds is 11. The lowest BCUT2D eigenvalue weighted by Crippen LogP contribution is -2.54. The quantitative estimate of drug-likeness (QED) is 0.250. The number of methoxy groups -OCH3 is 1. The van der Waals surface area contributed by atoms with E-state index in [2.05, 4.69) is 10.2 Å². The summed E-state index contributed by atoms with van der Waals surface area (Å²) < 4.78 is 65.7. The van der Waals surface area contributed by atoms with Gasteiger partial charge in [-0.25, -0.2) is 13.8 Å². The molecule has 12 nitrogen and oxygen atoms in total. The van der Waals surface area contributed by atoms with Crippen LogP contribution in [-0.4, -0.2) is 55.7 Å². The normalized spacial score (nSPS) is 12.9. The van der Waals surface area contributed by atoms with Gasteiger partial charge in [-0.05, 0) is 39.0 Å². The van der Waals surface area contributed by atoms with Gasteiger partial charge in [0.2, 0.25) is 11.7 Å². The lowest BCUT2D eigenvalue weighted by Gasteiger charge is -2.26. The van der Waals surface area contributed by atoms with Gasteiger partial charge in [0, 0.05) is 17.5 Å². The van der Waals surface area contributed by atoms with Crippen LogP contribution < -0.4 is 21.7 Å². The predicted molar refractivity (Wildman–Crippen MR) is 146 cm³/mol. The molecule has 0 aliphatic carbocycles. The molecule has 0 radical (unpaired) electrons. The number of nitrogens with zero attached hydrogens (tertiary/aromatic N) is 5. The fourth-order valence-electron chi connectivity index (χ4n) is 4.41. The molecule has 0 fully saturated rings. The maximum Gasteiger partial charge on any atom is 0.450 e. The minimum Gasteiger partial charge on any atom is -0.496 e. The van der Waals surface area contributed by atoms with Crippen LogP contribution in [-0.2, 0) is 26.4 Å². The second-order valence-electron chi connectivity index (χ2n) is 9.90. The molecule has 230 valence electrons. The molecule has 3 aromatic heterocycles. The van der Waals surface area contributed by atoms with E-state index in [1.807, 2.05) is 0 Å². The lowest BCUT2D eigenvalue weighted by atomic mass is 10.0. The van der Waals surface area contributed by atoms with Crippen molar-refractivity contribution < 1.29 is 36.6 Å². The highest BCUT2D eigenvalue weighted by atomic mass is 32.1. The molecule has 1 aromatic carbocycles. The molecule has 0 saturated heterocycles. The van der Waals surface area contributed by atoms with Gasteiger partial charge in [0.25, 0.3) is 5.56 Å². The standard InChI is InChI=1S/C26H26F4N6O6S/c1-13-19-20(38)35(25(2,3)23(31)39)24(40)34(22(19)43-21(13)36-32-8-9-33-36)12-17(42-10-7-18(37)26(28,29)30)15-11-14(27)5-6-16(15)41-4/h5-6,8-9,11,17H,7,10,12H2,1-4H3,(H2,31,39)/t17-/m0/s1.